The van der Waals surface area contributed by atoms with Gasteiger partial charge < -0.3 is 10.2 Å². The molecular weight excluding hydrogens is 284 g/mol. The third kappa shape index (κ3) is 2.37. The van der Waals surface area contributed by atoms with E-state index in [2.05, 4.69) is 33.3 Å². The molecule has 0 unspecified atom stereocenters. The normalized spacial score (nSPS) is 20.7. The van der Waals surface area contributed by atoms with Gasteiger partial charge in [-0.05, 0) is 29.8 Å². The van der Waals surface area contributed by atoms with Crippen molar-refractivity contribution in [2.24, 2.45) is 7.05 Å². The van der Waals surface area contributed by atoms with Crippen LogP contribution in [0.25, 0.3) is 0 Å². The Hall–Kier alpha value is -0.880. The van der Waals surface area contributed by atoms with Crippen LogP contribution in [-0.4, -0.2) is 46.3 Å². The zero-order valence-corrected chi connectivity index (χ0v) is 11.9. The molecule has 1 aliphatic heterocycles. The van der Waals surface area contributed by atoms with Crippen molar-refractivity contribution >= 4 is 21.8 Å². The molecule has 0 spiro atoms. The minimum atomic E-state index is 0.00826. The zero-order chi connectivity index (χ0) is 12.6. The summed E-state index contributed by atoms with van der Waals surface area (Å²) >= 11 is 3.44. The lowest BCUT2D eigenvalue weighted by molar-refractivity contribution is 0.0701. The van der Waals surface area contributed by atoms with E-state index >= 15 is 0 Å². The Bertz CT molecular complexity index is 443. The average molecular weight is 301 g/mol. The second kappa shape index (κ2) is 4.78. The quantitative estimate of drug-likeness (QED) is 0.839. The number of nitrogens with one attached hydrogen (secondary N) is 1. The monoisotopic (exact) mass is 300 g/mol. The van der Waals surface area contributed by atoms with Gasteiger partial charge in [0.2, 0.25) is 0 Å². The molecule has 0 radical (unpaired) electrons. The van der Waals surface area contributed by atoms with Gasteiger partial charge in [-0.25, -0.2) is 0 Å². The summed E-state index contributed by atoms with van der Waals surface area (Å²) in [5.41, 5.74) is 1.48. The summed E-state index contributed by atoms with van der Waals surface area (Å²) in [4.78, 5) is 14.2. The fourth-order valence-electron chi connectivity index (χ4n) is 1.99. The van der Waals surface area contributed by atoms with E-state index in [-0.39, 0.29) is 5.91 Å². The number of hydrogen-bond donors (Lipinski definition) is 1. The molecule has 2 rings (SSSR count). The smallest absolute Gasteiger partial charge is 0.275 e. The van der Waals surface area contributed by atoms with Crippen LogP contribution in [0.5, 0.6) is 0 Å². The number of halogens is 1. The number of rotatable bonds is 1. The summed E-state index contributed by atoms with van der Waals surface area (Å²) in [6, 6.07) is 0.344. The van der Waals surface area contributed by atoms with E-state index in [0.29, 0.717) is 11.7 Å². The Morgan fingerprint density at radius 2 is 2.29 bits per heavy atom. The van der Waals surface area contributed by atoms with Crippen molar-refractivity contribution in [3.8, 4) is 0 Å². The van der Waals surface area contributed by atoms with Crippen LogP contribution in [0.3, 0.4) is 0 Å². The molecule has 0 saturated carbocycles. The van der Waals surface area contributed by atoms with Crippen LogP contribution in [0, 0.1) is 6.92 Å². The average Bonchev–Trinajstić information content (AvgIpc) is 2.56. The van der Waals surface area contributed by atoms with E-state index in [1.165, 1.54) is 0 Å². The fourth-order valence-corrected chi connectivity index (χ4v) is 2.49. The van der Waals surface area contributed by atoms with Crippen LogP contribution >= 0.6 is 15.9 Å². The fraction of sp³-hybridized carbons (Fsp3) is 0.636. The van der Waals surface area contributed by atoms with Crippen LogP contribution < -0.4 is 5.32 Å². The van der Waals surface area contributed by atoms with Crippen molar-refractivity contribution in [2.45, 2.75) is 19.9 Å². The number of nitrogens with zero attached hydrogens (tertiary/aromatic N) is 3. The second-order valence-electron chi connectivity index (χ2n) is 4.48. The van der Waals surface area contributed by atoms with Gasteiger partial charge in [-0.1, -0.05) is 0 Å². The number of amides is 1. The number of piperazine rings is 1. The molecule has 1 aromatic heterocycles. The molecule has 1 aliphatic rings. The topological polar surface area (TPSA) is 50.2 Å². The highest BCUT2D eigenvalue weighted by molar-refractivity contribution is 9.10. The molecule has 6 heteroatoms. The van der Waals surface area contributed by atoms with Crippen LogP contribution in [-0.2, 0) is 7.05 Å². The zero-order valence-electron chi connectivity index (χ0n) is 10.3. The van der Waals surface area contributed by atoms with Gasteiger partial charge in [-0.3, -0.25) is 9.48 Å². The van der Waals surface area contributed by atoms with Crippen LogP contribution in [0.4, 0.5) is 0 Å². The van der Waals surface area contributed by atoms with E-state index in [1.807, 2.05) is 18.9 Å². The number of aromatic nitrogens is 2. The van der Waals surface area contributed by atoms with E-state index in [4.69, 9.17) is 0 Å². The largest absolute Gasteiger partial charge is 0.334 e. The Balaban J connectivity index is 2.21. The summed E-state index contributed by atoms with van der Waals surface area (Å²) in [5.74, 6) is 0.00826. The number of carbonyl (C=O) groups is 1. The first kappa shape index (κ1) is 12.6. The molecule has 1 saturated heterocycles. The molecule has 1 fully saturated rings. The van der Waals surface area contributed by atoms with Gasteiger partial charge in [0.05, 0.1) is 10.2 Å². The maximum Gasteiger partial charge on any atom is 0.275 e. The van der Waals surface area contributed by atoms with Gasteiger partial charge in [-0.15, -0.1) is 0 Å². The lowest BCUT2D eigenvalue weighted by Gasteiger charge is -2.31. The molecule has 0 aliphatic carbocycles. The van der Waals surface area contributed by atoms with E-state index in [1.54, 1.807) is 4.68 Å². The van der Waals surface area contributed by atoms with Crippen LogP contribution in [0.2, 0.25) is 0 Å². The molecule has 94 valence electrons. The third-order valence-corrected chi connectivity index (χ3v) is 4.07. The number of aryl methyl sites for hydroxylation is 1. The van der Waals surface area contributed by atoms with Crippen molar-refractivity contribution in [1.82, 2.24) is 20.0 Å². The second-order valence-corrected chi connectivity index (χ2v) is 5.27. The lowest BCUT2D eigenvalue weighted by Crippen LogP contribution is -2.51. The predicted molar refractivity (Wildman–Crippen MR) is 69.0 cm³/mol. The standard InChI is InChI=1S/C11H17BrN4O/c1-7-6-16(5-4-13-7)11(17)10-9(12)8(2)15(3)14-10/h7,13H,4-6H2,1-3H3/t7-/m0/s1. The van der Waals surface area contributed by atoms with E-state index in [0.717, 1.165) is 29.8 Å². The first-order chi connectivity index (χ1) is 8.00. The minimum Gasteiger partial charge on any atom is -0.334 e. The highest BCUT2D eigenvalue weighted by Crippen LogP contribution is 2.21. The van der Waals surface area contributed by atoms with Crippen molar-refractivity contribution in [3.05, 3.63) is 15.9 Å². The van der Waals surface area contributed by atoms with E-state index < -0.39 is 0 Å². The maximum atomic E-state index is 12.3. The summed E-state index contributed by atoms with van der Waals surface area (Å²) < 4.78 is 2.53. The van der Waals surface area contributed by atoms with Crippen molar-refractivity contribution in [3.63, 3.8) is 0 Å². The van der Waals surface area contributed by atoms with Crippen molar-refractivity contribution < 1.29 is 4.79 Å². The predicted octanol–water partition coefficient (Wildman–Crippen LogP) is 0.925. The van der Waals surface area contributed by atoms with Gasteiger partial charge in [0, 0.05) is 32.7 Å². The summed E-state index contributed by atoms with van der Waals surface area (Å²) in [7, 11) is 1.84. The van der Waals surface area contributed by atoms with E-state index in [9.17, 15) is 4.79 Å². The molecule has 0 bridgehead atoms. The summed E-state index contributed by atoms with van der Waals surface area (Å²) in [6.45, 7) is 6.34. The molecule has 1 amide bonds. The van der Waals surface area contributed by atoms with Crippen LogP contribution in [0.15, 0.2) is 4.47 Å². The highest BCUT2D eigenvalue weighted by Gasteiger charge is 2.26. The van der Waals surface area contributed by atoms with Gasteiger partial charge in [-0.2, -0.15) is 5.10 Å². The molecular formula is C11H17BrN4O. The van der Waals surface area contributed by atoms with Crippen molar-refractivity contribution in [2.75, 3.05) is 19.6 Å². The Labute approximate surface area is 109 Å². The number of hydrogen-bond acceptors (Lipinski definition) is 3. The third-order valence-electron chi connectivity index (χ3n) is 3.12. The summed E-state index contributed by atoms with van der Waals surface area (Å²) in [6.07, 6.45) is 0. The maximum absolute atomic E-state index is 12.3. The molecule has 1 aromatic rings. The summed E-state index contributed by atoms with van der Waals surface area (Å²) in [5, 5.41) is 7.59. The molecule has 1 atom stereocenters. The highest BCUT2D eigenvalue weighted by atomic mass is 79.9. The van der Waals surface area contributed by atoms with Gasteiger partial charge >= 0.3 is 0 Å². The number of carbonyl (C=O) groups excluding carboxylic acids is 1. The first-order valence-corrected chi connectivity index (χ1v) is 6.51. The van der Waals surface area contributed by atoms with Gasteiger partial charge in [0.1, 0.15) is 0 Å². The Kier molecular flexibility index (Phi) is 3.53. The van der Waals surface area contributed by atoms with Crippen LogP contribution in [0.1, 0.15) is 23.1 Å². The first-order valence-electron chi connectivity index (χ1n) is 5.72. The Morgan fingerprint density at radius 3 is 2.82 bits per heavy atom. The van der Waals surface area contributed by atoms with Gasteiger partial charge in [0.25, 0.3) is 5.91 Å². The lowest BCUT2D eigenvalue weighted by atomic mass is 10.2. The molecule has 2 heterocycles. The van der Waals surface area contributed by atoms with Gasteiger partial charge in [0.15, 0.2) is 5.69 Å². The van der Waals surface area contributed by atoms with Crippen molar-refractivity contribution in [1.29, 1.82) is 0 Å². The Morgan fingerprint density at radius 1 is 1.59 bits per heavy atom. The SMILES string of the molecule is Cc1c(Br)c(C(=O)N2CCN[C@@H](C)C2)nn1C. The molecule has 5 nitrogen and oxygen atoms in total. The molecule has 17 heavy (non-hydrogen) atoms. The minimum absolute atomic E-state index is 0.00826. The molecule has 0 aromatic carbocycles. The molecule has 1 N–H and O–H groups in total.